The number of pyridine rings is 1. The largest absolute Gasteiger partial charge is 0.418 e. The summed E-state index contributed by atoms with van der Waals surface area (Å²) in [5, 5.41) is 6.87. The standard InChI is InChI=1S/C18H10F6N6/c19-17(20,21)10-3-5-11(6-4-10)28-14-9-26-16-29-13(8-27-30(14)16)15-12(18(22,23)24)2-1-7-25-15/h1-9,28H. The van der Waals surface area contributed by atoms with Gasteiger partial charge in [-0.3, -0.25) is 4.98 Å². The fourth-order valence-corrected chi connectivity index (χ4v) is 2.70. The number of benzene rings is 1. The van der Waals surface area contributed by atoms with E-state index in [0.29, 0.717) is 5.69 Å². The van der Waals surface area contributed by atoms with Crippen molar-refractivity contribution in [1.82, 2.24) is 24.6 Å². The quantitative estimate of drug-likeness (QED) is 0.471. The zero-order valence-electron chi connectivity index (χ0n) is 14.7. The van der Waals surface area contributed by atoms with E-state index in [-0.39, 0.29) is 23.0 Å². The molecule has 1 aromatic carbocycles. The predicted molar refractivity (Wildman–Crippen MR) is 93.7 cm³/mol. The normalized spacial score (nSPS) is 12.3. The smallest absolute Gasteiger partial charge is 0.339 e. The highest BCUT2D eigenvalue weighted by Crippen LogP contribution is 2.35. The molecule has 3 heterocycles. The van der Waals surface area contributed by atoms with Crippen LogP contribution in [0.25, 0.3) is 17.2 Å². The Morgan fingerprint density at radius 1 is 0.833 bits per heavy atom. The lowest BCUT2D eigenvalue weighted by atomic mass is 10.1. The summed E-state index contributed by atoms with van der Waals surface area (Å²) in [5.74, 6) is 0.251. The second-order valence-electron chi connectivity index (χ2n) is 6.09. The van der Waals surface area contributed by atoms with Gasteiger partial charge in [0.25, 0.3) is 5.78 Å². The van der Waals surface area contributed by atoms with Gasteiger partial charge in [-0.15, -0.1) is 0 Å². The highest BCUT2D eigenvalue weighted by Gasteiger charge is 2.35. The molecule has 6 nitrogen and oxygen atoms in total. The van der Waals surface area contributed by atoms with Crippen LogP contribution in [-0.2, 0) is 12.4 Å². The summed E-state index contributed by atoms with van der Waals surface area (Å²) in [6.45, 7) is 0. The monoisotopic (exact) mass is 424 g/mol. The van der Waals surface area contributed by atoms with Gasteiger partial charge in [-0.1, -0.05) is 0 Å². The van der Waals surface area contributed by atoms with E-state index in [1.54, 1.807) is 0 Å². The minimum atomic E-state index is -4.62. The Bertz CT molecular complexity index is 1200. The molecule has 0 amide bonds. The van der Waals surface area contributed by atoms with Gasteiger partial charge in [0.1, 0.15) is 11.4 Å². The van der Waals surface area contributed by atoms with E-state index in [1.165, 1.54) is 35.1 Å². The topological polar surface area (TPSA) is 68.0 Å². The average molecular weight is 424 g/mol. The van der Waals surface area contributed by atoms with Gasteiger partial charge in [-0.05, 0) is 36.4 Å². The molecule has 0 aliphatic heterocycles. The Labute approximate surface area is 164 Å². The van der Waals surface area contributed by atoms with E-state index in [9.17, 15) is 26.3 Å². The fraction of sp³-hybridized carbons (Fsp3) is 0.111. The predicted octanol–water partition coefficient (Wildman–Crippen LogP) is 4.97. The van der Waals surface area contributed by atoms with Crippen LogP contribution in [0.2, 0.25) is 0 Å². The van der Waals surface area contributed by atoms with Crippen LogP contribution in [0.4, 0.5) is 37.8 Å². The van der Waals surface area contributed by atoms with E-state index >= 15 is 0 Å². The number of alkyl halides is 6. The summed E-state index contributed by atoms with van der Waals surface area (Å²) < 4.78 is 78.8. The molecular weight excluding hydrogens is 414 g/mol. The third-order valence-corrected chi connectivity index (χ3v) is 4.08. The molecule has 0 bridgehead atoms. The molecule has 0 saturated heterocycles. The van der Waals surface area contributed by atoms with Crippen molar-refractivity contribution in [3.63, 3.8) is 0 Å². The van der Waals surface area contributed by atoms with Crippen molar-refractivity contribution in [1.29, 1.82) is 0 Å². The summed E-state index contributed by atoms with van der Waals surface area (Å²) >= 11 is 0. The third kappa shape index (κ3) is 3.75. The lowest BCUT2D eigenvalue weighted by Gasteiger charge is -2.11. The van der Waals surface area contributed by atoms with Gasteiger partial charge >= 0.3 is 12.4 Å². The Hall–Kier alpha value is -3.70. The van der Waals surface area contributed by atoms with Crippen LogP contribution in [0, 0.1) is 0 Å². The van der Waals surface area contributed by atoms with E-state index < -0.39 is 23.5 Å². The van der Waals surface area contributed by atoms with Gasteiger partial charge in [-0.25, -0.2) is 9.97 Å². The number of fused-ring (bicyclic) bond motifs is 1. The Kier molecular flexibility index (Phi) is 4.56. The van der Waals surface area contributed by atoms with Crippen molar-refractivity contribution in [2.45, 2.75) is 12.4 Å². The van der Waals surface area contributed by atoms with Crippen LogP contribution >= 0.6 is 0 Å². The van der Waals surface area contributed by atoms with Crippen molar-refractivity contribution in [3.8, 4) is 11.4 Å². The van der Waals surface area contributed by atoms with Gasteiger partial charge < -0.3 is 5.32 Å². The first-order chi connectivity index (χ1) is 14.1. The number of anilines is 2. The maximum Gasteiger partial charge on any atom is 0.418 e. The van der Waals surface area contributed by atoms with E-state index in [1.807, 2.05) is 0 Å². The van der Waals surface area contributed by atoms with Crippen LogP contribution in [0.5, 0.6) is 0 Å². The second-order valence-corrected chi connectivity index (χ2v) is 6.09. The molecule has 154 valence electrons. The van der Waals surface area contributed by atoms with Gasteiger partial charge in [-0.2, -0.15) is 36.0 Å². The third-order valence-electron chi connectivity index (χ3n) is 4.08. The number of halogens is 6. The van der Waals surface area contributed by atoms with Gasteiger partial charge in [0.2, 0.25) is 0 Å². The summed E-state index contributed by atoms with van der Waals surface area (Å²) in [4.78, 5) is 11.8. The Morgan fingerprint density at radius 2 is 1.57 bits per heavy atom. The molecule has 4 rings (SSSR count). The van der Waals surface area contributed by atoms with Crippen LogP contribution < -0.4 is 5.32 Å². The number of hydrogen-bond acceptors (Lipinski definition) is 5. The molecule has 0 unspecified atom stereocenters. The molecule has 0 atom stereocenters. The number of nitrogens with zero attached hydrogens (tertiary/aromatic N) is 5. The molecule has 0 fully saturated rings. The summed E-state index contributed by atoms with van der Waals surface area (Å²) in [5.41, 5.74) is -1.94. The minimum absolute atomic E-state index is 0.0133. The molecule has 0 radical (unpaired) electrons. The van der Waals surface area contributed by atoms with Crippen molar-refractivity contribution in [2.75, 3.05) is 5.32 Å². The molecule has 0 saturated carbocycles. The number of aromatic nitrogens is 5. The zero-order chi connectivity index (χ0) is 21.5. The Morgan fingerprint density at radius 3 is 2.23 bits per heavy atom. The van der Waals surface area contributed by atoms with Crippen LogP contribution in [0.15, 0.2) is 55.0 Å². The molecule has 30 heavy (non-hydrogen) atoms. The first kappa shape index (κ1) is 19.6. The van der Waals surface area contributed by atoms with Gasteiger partial charge in [0, 0.05) is 11.9 Å². The van der Waals surface area contributed by atoms with E-state index in [2.05, 4.69) is 25.4 Å². The number of imidazole rings is 1. The van der Waals surface area contributed by atoms with E-state index in [4.69, 9.17) is 0 Å². The molecule has 0 spiro atoms. The SMILES string of the molecule is FC(F)(F)c1ccc(Nc2cnc3nc(-c4ncccc4C(F)(F)F)cnn23)cc1. The maximum atomic E-state index is 13.2. The Balaban J connectivity index is 1.66. The van der Waals surface area contributed by atoms with Gasteiger partial charge in [0.05, 0.1) is 23.5 Å². The molecular formula is C18H10F6N6. The lowest BCUT2D eigenvalue weighted by Crippen LogP contribution is -2.09. The van der Waals surface area contributed by atoms with Crippen LogP contribution in [0.1, 0.15) is 11.1 Å². The molecule has 1 N–H and O–H groups in total. The van der Waals surface area contributed by atoms with Crippen molar-refractivity contribution in [3.05, 3.63) is 66.1 Å². The van der Waals surface area contributed by atoms with Crippen molar-refractivity contribution < 1.29 is 26.3 Å². The second kappa shape index (κ2) is 6.97. The first-order valence-electron chi connectivity index (χ1n) is 8.30. The first-order valence-corrected chi connectivity index (χ1v) is 8.30. The highest BCUT2D eigenvalue weighted by atomic mass is 19.4. The summed E-state index contributed by atoms with van der Waals surface area (Å²) in [6.07, 6.45) is -5.46. The highest BCUT2D eigenvalue weighted by molar-refractivity contribution is 5.63. The minimum Gasteiger partial charge on any atom is -0.339 e. The van der Waals surface area contributed by atoms with Crippen LogP contribution in [0.3, 0.4) is 0 Å². The average Bonchev–Trinajstić information content (AvgIpc) is 3.09. The van der Waals surface area contributed by atoms with Crippen molar-refractivity contribution >= 4 is 17.3 Å². The van der Waals surface area contributed by atoms with Crippen molar-refractivity contribution in [2.24, 2.45) is 0 Å². The number of hydrogen-bond donors (Lipinski definition) is 1. The lowest BCUT2D eigenvalue weighted by molar-refractivity contribution is -0.138. The van der Waals surface area contributed by atoms with Crippen LogP contribution in [-0.4, -0.2) is 24.6 Å². The maximum absolute atomic E-state index is 13.2. The van der Waals surface area contributed by atoms with Gasteiger partial charge in [0.15, 0.2) is 5.82 Å². The zero-order valence-corrected chi connectivity index (χ0v) is 14.7. The summed E-state index contributed by atoms with van der Waals surface area (Å²) in [7, 11) is 0. The molecule has 3 aromatic heterocycles. The fourth-order valence-electron chi connectivity index (χ4n) is 2.70. The van der Waals surface area contributed by atoms with E-state index in [0.717, 1.165) is 24.4 Å². The molecule has 0 aliphatic carbocycles. The molecule has 0 aliphatic rings. The number of nitrogens with one attached hydrogen (secondary N) is 1. The number of rotatable bonds is 3. The summed E-state index contributed by atoms with van der Waals surface area (Å²) in [6, 6.07) is 6.34. The molecule has 4 aromatic rings. The molecule has 12 heteroatoms.